The Morgan fingerprint density at radius 1 is 0.880 bits per heavy atom. The van der Waals surface area contributed by atoms with Crippen LogP contribution in [0.5, 0.6) is 0 Å². The molecule has 0 atom stereocenters. The molecule has 0 fully saturated rings. The zero-order chi connectivity index (χ0) is 17.6. The van der Waals surface area contributed by atoms with Crippen molar-refractivity contribution in [2.24, 2.45) is 11.6 Å². The van der Waals surface area contributed by atoms with Crippen LogP contribution >= 0.6 is 0 Å². The summed E-state index contributed by atoms with van der Waals surface area (Å²) in [6.07, 6.45) is 1.72. The lowest BCUT2D eigenvalue weighted by molar-refractivity contribution is 1.08. The highest BCUT2D eigenvalue weighted by molar-refractivity contribution is 5.68. The van der Waals surface area contributed by atoms with E-state index in [0.717, 1.165) is 22.6 Å². The predicted molar refractivity (Wildman–Crippen MR) is 106 cm³/mol. The smallest absolute Gasteiger partial charge is 0.0570 e. The number of nitrogens with two attached hydrogens (primary N) is 2. The Kier molecular flexibility index (Phi) is 5.02. The second-order valence-corrected chi connectivity index (χ2v) is 5.84. The van der Waals surface area contributed by atoms with Crippen LogP contribution in [0.25, 0.3) is 5.70 Å². The lowest BCUT2D eigenvalue weighted by Crippen LogP contribution is -2.25. The molecule has 0 unspecified atom stereocenters. The SMILES string of the molecule is Cc1ccccc1Nc1ccc(N(N)/C=C(\N)c2ccccc2)cc1. The fourth-order valence-corrected chi connectivity index (χ4v) is 2.52. The molecule has 0 spiro atoms. The first-order valence-corrected chi connectivity index (χ1v) is 8.13. The molecule has 0 aromatic heterocycles. The number of aryl methyl sites for hydroxylation is 1. The van der Waals surface area contributed by atoms with E-state index in [9.17, 15) is 0 Å². The molecule has 0 saturated heterocycles. The molecule has 4 heteroatoms. The molecule has 0 aliphatic carbocycles. The number of nitrogens with one attached hydrogen (secondary N) is 1. The zero-order valence-electron chi connectivity index (χ0n) is 14.2. The van der Waals surface area contributed by atoms with E-state index < -0.39 is 0 Å². The maximum atomic E-state index is 6.12. The Hall–Kier alpha value is -3.24. The molecule has 25 heavy (non-hydrogen) atoms. The minimum Gasteiger partial charge on any atom is -0.397 e. The number of rotatable bonds is 5. The fourth-order valence-electron chi connectivity index (χ4n) is 2.52. The first kappa shape index (κ1) is 16.6. The summed E-state index contributed by atoms with van der Waals surface area (Å²) in [5.41, 5.74) is 11.8. The highest BCUT2D eigenvalue weighted by Gasteiger charge is 2.03. The normalized spacial score (nSPS) is 11.2. The van der Waals surface area contributed by atoms with Crippen molar-refractivity contribution < 1.29 is 0 Å². The van der Waals surface area contributed by atoms with Gasteiger partial charge in [-0.1, -0.05) is 48.5 Å². The number of hydrazine groups is 1. The molecule has 3 aromatic rings. The van der Waals surface area contributed by atoms with E-state index >= 15 is 0 Å². The maximum Gasteiger partial charge on any atom is 0.0570 e. The van der Waals surface area contributed by atoms with E-state index in [1.807, 2.05) is 66.7 Å². The van der Waals surface area contributed by atoms with Gasteiger partial charge in [0.15, 0.2) is 0 Å². The van der Waals surface area contributed by atoms with Gasteiger partial charge in [0.2, 0.25) is 0 Å². The quantitative estimate of drug-likeness (QED) is 0.480. The lowest BCUT2D eigenvalue weighted by atomic mass is 10.2. The molecule has 4 nitrogen and oxygen atoms in total. The van der Waals surface area contributed by atoms with Gasteiger partial charge in [-0.05, 0) is 48.4 Å². The second kappa shape index (κ2) is 7.55. The molecule has 0 saturated carbocycles. The fraction of sp³-hybridized carbons (Fsp3) is 0.0476. The van der Waals surface area contributed by atoms with E-state index in [2.05, 4.69) is 24.4 Å². The van der Waals surface area contributed by atoms with Crippen molar-refractivity contribution in [3.63, 3.8) is 0 Å². The second-order valence-electron chi connectivity index (χ2n) is 5.84. The molecule has 0 radical (unpaired) electrons. The van der Waals surface area contributed by atoms with Gasteiger partial charge in [-0.25, -0.2) is 5.84 Å². The molecule has 5 N–H and O–H groups in total. The summed E-state index contributed by atoms with van der Waals surface area (Å²) in [4.78, 5) is 0. The van der Waals surface area contributed by atoms with E-state index in [4.69, 9.17) is 11.6 Å². The van der Waals surface area contributed by atoms with Crippen LogP contribution in [0.3, 0.4) is 0 Å². The van der Waals surface area contributed by atoms with Crippen molar-refractivity contribution in [2.75, 3.05) is 10.3 Å². The highest BCUT2D eigenvalue weighted by Crippen LogP contribution is 2.23. The van der Waals surface area contributed by atoms with Gasteiger partial charge in [-0.3, -0.25) is 5.01 Å². The Bertz CT molecular complexity index is 855. The minimum atomic E-state index is 0.616. The first-order valence-electron chi connectivity index (χ1n) is 8.13. The largest absolute Gasteiger partial charge is 0.397 e. The van der Waals surface area contributed by atoms with E-state index in [-0.39, 0.29) is 0 Å². The molecule has 0 amide bonds. The van der Waals surface area contributed by atoms with Crippen LogP contribution in [0.15, 0.2) is 85.1 Å². The van der Waals surface area contributed by atoms with Crippen molar-refractivity contribution in [3.05, 3.63) is 96.2 Å². The molecule has 3 rings (SSSR count). The van der Waals surface area contributed by atoms with Crippen molar-refractivity contribution >= 4 is 22.8 Å². The lowest BCUT2D eigenvalue weighted by Gasteiger charge is -2.16. The Balaban J connectivity index is 1.72. The standard InChI is InChI=1S/C21H22N4/c1-16-7-5-6-10-21(16)24-18-11-13-19(14-12-18)25(23)15-20(22)17-8-3-2-4-9-17/h2-15,24H,22-23H2,1H3/b20-15-. The van der Waals surface area contributed by atoms with Crippen LogP contribution in [0.1, 0.15) is 11.1 Å². The van der Waals surface area contributed by atoms with Crippen LogP contribution in [0.2, 0.25) is 0 Å². The number of nitrogens with zero attached hydrogens (tertiary/aromatic N) is 1. The van der Waals surface area contributed by atoms with E-state index in [0.29, 0.717) is 5.70 Å². The third kappa shape index (κ3) is 4.19. The molecule has 0 heterocycles. The van der Waals surface area contributed by atoms with Crippen molar-refractivity contribution in [3.8, 4) is 0 Å². The molecule has 0 aliphatic heterocycles. The maximum absolute atomic E-state index is 6.12. The summed E-state index contributed by atoms with van der Waals surface area (Å²) < 4.78 is 0. The number of para-hydroxylation sites is 1. The van der Waals surface area contributed by atoms with Crippen LogP contribution in [0, 0.1) is 6.92 Å². The van der Waals surface area contributed by atoms with Crippen LogP contribution in [-0.4, -0.2) is 0 Å². The molecular formula is C21H22N4. The summed E-state index contributed by atoms with van der Waals surface area (Å²) in [6, 6.07) is 25.8. The van der Waals surface area contributed by atoms with E-state index in [1.54, 1.807) is 6.20 Å². The minimum absolute atomic E-state index is 0.616. The van der Waals surface area contributed by atoms with Gasteiger partial charge in [-0.2, -0.15) is 0 Å². The van der Waals surface area contributed by atoms with E-state index in [1.165, 1.54) is 10.6 Å². The van der Waals surface area contributed by atoms with Crippen LogP contribution in [0.4, 0.5) is 17.1 Å². The molecule has 126 valence electrons. The third-order valence-electron chi connectivity index (χ3n) is 3.97. The molecular weight excluding hydrogens is 308 g/mol. The van der Waals surface area contributed by atoms with Gasteiger partial charge in [-0.15, -0.1) is 0 Å². The average Bonchev–Trinajstić information content (AvgIpc) is 2.65. The number of hydrogen-bond donors (Lipinski definition) is 3. The average molecular weight is 330 g/mol. The summed E-state index contributed by atoms with van der Waals surface area (Å²) in [6.45, 7) is 2.08. The number of hydrogen-bond acceptors (Lipinski definition) is 4. The molecule has 0 aliphatic rings. The Morgan fingerprint density at radius 3 is 2.20 bits per heavy atom. The van der Waals surface area contributed by atoms with Gasteiger partial charge < -0.3 is 11.1 Å². The summed E-state index contributed by atoms with van der Waals surface area (Å²) in [5.74, 6) is 6.12. The summed E-state index contributed by atoms with van der Waals surface area (Å²) in [7, 11) is 0. The van der Waals surface area contributed by atoms with Crippen molar-refractivity contribution in [2.45, 2.75) is 6.92 Å². The first-order chi connectivity index (χ1) is 12.1. The summed E-state index contributed by atoms with van der Waals surface area (Å²) in [5, 5.41) is 4.93. The molecule has 3 aromatic carbocycles. The van der Waals surface area contributed by atoms with Gasteiger partial charge in [0, 0.05) is 17.6 Å². The number of benzene rings is 3. The highest BCUT2D eigenvalue weighted by atomic mass is 15.4. The van der Waals surface area contributed by atoms with Gasteiger partial charge in [0.05, 0.1) is 11.4 Å². The third-order valence-corrected chi connectivity index (χ3v) is 3.97. The number of anilines is 3. The zero-order valence-corrected chi connectivity index (χ0v) is 14.2. The monoisotopic (exact) mass is 330 g/mol. The van der Waals surface area contributed by atoms with Gasteiger partial charge in [0.1, 0.15) is 0 Å². The van der Waals surface area contributed by atoms with Gasteiger partial charge in [0.25, 0.3) is 0 Å². The molecule has 0 bridgehead atoms. The summed E-state index contributed by atoms with van der Waals surface area (Å²) >= 11 is 0. The van der Waals surface area contributed by atoms with Crippen molar-refractivity contribution in [1.82, 2.24) is 0 Å². The Labute approximate surface area is 148 Å². The predicted octanol–water partition coefficient (Wildman–Crippen LogP) is 4.38. The van der Waals surface area contributed by atoms with Gasteiger partial charge >= 0.3 is 0 Å². The van der Waals surface area contributed by atoms with Crippen LogP contribution in [-0.2, 0) is 0 Å². The van der Waals surface area contributed by atoms with Crippen molar-refractivity contribution in [1.29, 1.82) is 0 Å². The Morgan fingerprint density at radius 2 is 1.52 bits per heavy atom. The topological polar surface area (TPSA) is 67.3 Å². The van der Waals surface area contributed by atoms with Crippen LogP contribution < -0.4 is 21.9 Å².